The zero-order valence-electron chi connectivity index (χ0n) is 15.3. The van der Waals surface area contributed by atoms with E-state index in [-0.39, 0.29) is 5.92 Å². The van der Waals surface area contributed by atoms with Crippen molar-refractivity contribution in [3.63, 3.8) is 0 Å². The predicted molar refractivity (Wildman–Crippen MR) is 93.5 cm³/mol. The number of carbonyl (C=O) groups excluding carboxylic acids is 2. The van der Waals surface area contributed by atoms with Crippen molar-refractivity contribution in [1.82, 2.24) is 5.32 Å². The summed E-state index contributed by atoms with van der Waals surface area (Å²) < 4.78 is 15.6. The molecule has 1 N–H and O–H groups in total. The first kappa shape index (κ1) is 19.1. The number of ether oxygens (including phenoxy) is 3. The minimum atomic E-state index is -0.690. The summed E-state index contributed by atoms with van der Waals surface area (Å²) in [5.74, 6) is 0.569. The minimum absolute atomic E-state index is 0.246. The van der Waals surface area contributed by atoms with Gasteiger partial charge in [-0.25, -0.2) is 9.59 Å². The fraction of sp³-hybridized carbons (Fsp3) is 0.579. The lowest BCUT2D eigenvalue weighted by atomic mass is 10.0. The normalized spacial score (nSPS) is 16.0. The van der Waals surface area contributed by atoms with Crippen LogP contribution in [0.4, 0.5) is 4.79 Å². The number of benzene rings is 1. The molecule has 6 heteroatoms. The Morgan fingerprint density at radius 3 is 2.52 bits per heavy atom. The molecule has 1 atom stereocenters. The fourth-order valence-corrected chi connectivity index (χ4v) is 2.80. The van der Waals surface area contributed by atoms with Crippen LogP contribution in [0.25, 0.3) is 0 Å². The maximum Gasteiger partial charge on any atom is 0.408 e. The molecular formula is C19H27NO5. The molecule has 1 saturated carbocycles. The molecule has 0 aliphatic heterocycles. The molecule has 1 aliphatic rings. The average Bonchev–Trinajstić information content (AvgIpc) is 3.31. The van der Waals surface area contributed by atoms with Gasteiger partial charge in [0.15, 0.2) is 0 Å². The molecule has 0 spiro atoms. The molecule has 1 aliphatic carbocycles. The van der Waals surface area contributed by atoms with Crippen LogP contribution in [0, 0.1) is 5.92 Å². The maximum absolute atomic E-state index is 12.3. The van der Waals surface area contributed by atoms with E-state index in [4.69, 9.17) is 14.2 Å². The summed E-state index contributed by atoms with van der Waals surface area (Å²) >= 11 is 0. The van der Waals surface area contributed by atoms with E-state index in [2.05, 4.69) is 5.32 Å². The average molecular weight is 349 g/mol. The van der Waals surface area contributed by atoms with Crippen molar-refractivity contribution in [2.24, 2.45) is 5.92 Å². The van der Waals surface area contributed by atoms with Crippen LogP contribution < -0.4 is 10.1 Å². The molecule has 1 aromatic rings. The largest absolute Gasteiger partial charge is 0.497 e. The number of alkyl carbamates (subject to hydrolysis) is 1. The Balaban J connectivity index is 1.95. The molecule has 0 heterocycles. The second-order valence-corrected chi connectivity index (χ2v) is 6.95. The van der Waals surface area contributed by atoms with Crippen LogP contribution in [0.1, 0.15) is 38.7 Å². The second kappa shape index (κ2) is 8.23. The van der Waals surface area contributed by atoms with Gasteiger partial charge >= 0.3 is 12.1 Å². The molecule has 0 saturated heterocycles. The first-order valence-corrected chi connectivity index (χ1v) is 8.58. The highest BCUT2D eigenvalue weighted by Crippen LogP contribution is 2.43. The number of rotatable bonds is 8. The Hall–Kier alpha value is -2.24. The molecule has 138 valence electrons. The first-order chi connectivity index (χ1) is 11.9. The lowest BCUT2D eigenvalue weighted by Gasteiger charge is -2.21. The van der Waals surface area contributed by atoms with E-state index in [9.17, 15) is 9.59 Å². The van der Waals surface area contributed by atoms with E-state index in [0.717, 1.165) is 24.2 Å². The summed E-state index contributed by atoms with van der Waals surface area (Å²) in [5, 5.41) is 2.64. The van der Waals surface area contributed by atoms with Gasteiger partial charge in [-0.05, 0) is 42.9 Å². The Kier molecular flexibility index (Phi) is 6.28. The summed E-state index contributed by atoms with van der Waals surface area (Å²) in [5.41, 5.74) is 0.561. The number of methoxy groups -OCH3 is 2. The smallest absolute Gasteiger partial charge is 0.408 e. The van der Waals surface area contributed by atoms with E-state index in [1.54, 1.807) is 7.11 Å². The monoisotopic (exact) mass is 349 g/mol. The number of esters is 1. The summed E-state index contributed by atoms with van der Waals surface area (Å²) in [6.45, 7) is 3.96. The SMILES string of the molecule is COC(=O)[C@H](CC(C)C)NC(=O)OC1(Cc2cccc(OC)c2)CC1. The highest BCUT2D eigenvalue weighted by Gasteiger charge is 2.47. The number of hydrogen-bond acceptors (Lipinski definition) is 5. The van der Waals surface area contributed by atoms with Gasteiger partial charge in [-0.3, -0.25) is 0 Å². The van der Waals surface area contributed by atoms with Gasteiger partial charge in [0.05, 0.1) is 14.2 Å². The zero-order chi connectivity index (χ0) is 18.4. The number of nitrogens with one attached hydrogen (secondary N) is 1. The van der Waals surface area contributed by atoms with E-state index >= 15 is 0 Å². The summed E-state index contributed by atoms with van der Waals surface area (Å²) in [7, 11) is 2.94. The molecule has 1 fully saturated rings. The van der Waals surface area contributed by atoms with Gasteiger partial charge in [-0.2, -0.15) is 0 Å². The lowest BCUT2D eigenvalue weighted by Crippen LogP contribution is -2.44. The Morgan fingerprint density at radius 2 is 1.96 bits per heavy atom. The van der Waals surface area contributed by atoms with Crippen LogP contribution in [-0.2, 0) is 20.7 Å². The van der Waals surface area contributed by atoms with E-state index in [1.165, 1.54) is 7.11 Å². The van der Waals surface area contributed by atoms with Crippen LogP contribution in [0.3, 0.4) is 0 Å². The maximum atomic E-state index is 12.3. The Bertz CT molecular complexity index is 610. The molecule has 0 radical (unpaired) electrons. The van der Waals surface area contributed by atoms with Crippen molar-refractivity contribution in [1.29, 1.82) is 0 Å². The van der Waals surface area contributed by atoms with Crippen LogP contribution in [-0.4, -0.2) is 37.9 Å². The third-order valence-corrected chi connectivity index (χ3v) is 4.26. The summed E-state index contributed by atoms with van der Waals surface area (Å²) in [4.78, 5) is 24.1. The summed E-state index contributed by atoms with van der Waals surface area (Å²) in [6.07, 6.45) is 2.18. The van der Waals surface area contributed by atoms with Crippen molar-refractivity contribution < 1.29 is 23.8 Å². The van der Waals surface area contributed by atoms with Crippen molar-refractivity contribution >= 4 is 12.1 Å². The topological polar surface area (TPSA) is 73.9 Å². The highest BCUT2D eigenvalue weighted by atomic mass is 16.6. The molecule has 1 amide bonds. The predicted octanol–water partition coefficient (Wildman–Crippen LogP) is 3.08. The Morgan fingerprint density at radius 1 is 1.24 bits per heavy atom. The fourth-order valence-electron chi connectivity index (χ4n) is 2.80. The number of amides is 1. The molecule has 25 heavy (non-hydrogen) atoms. The van der Waals surface area contributed by atoms with Gasteiger partial charge in [-0.1, -0.05) is 26.0 Å². The van der Waals surface area contributed by atoms with Gasteiger partial charge in [0, 0.05) is 6.42 Å². The van der Waals surface area contributed by atoms with Crippen molar-refractivity contribution in [3.05, 3.63) is 29.8 Å². The minimum Gasteiger partial charge on any atom is -0.497 e. The molecule has 1 aromatic carbocycles. The quantitative estimate of drug-likeness (QED) is 0.730. The highest BCUT2D eigenvalue weighted by molar-refractivity contribution is 5.81. The third kappa shape index (κ3) is 5.66. The molecule has 6 nitrogen and oxygen atoms in total. The van der Waals surface area contributed by atoms with E-state index < -0.39 is 23.7 Å². The lowest BCUT2D eigenvalue weighted by molar-refractivity contribution is -0.143. The van der Waals surface area contributed by atoms with E-state index in [1.807, 2.05) is 38.1 Å². The molecule has 0 unspecified atom stereocenters. The number of carbonyl (C=O) groups is 2. The first-order valence-electron chi connectivity index (χ1n) is 8.58. The number of hydrogen-bond donors (Lipinski definition) is 1. The van der Waals surface area contributed by atoms with Crippen LogP contribution in [0.2, 0.25) is 0 Å². The standard InChI is InChI=1S/C19H27NO5/c1-13(2)10-16(17(21)24-4)20-18(22)25-19(8-9-19)12-14-6-5-7-15(11-14)23-3/h5-7,11,13,16H,8-10,12H2,1-4H3,(H,20,22)/t16-/m0/s1. The van der Waals surface area contributed by atoms with Gasteiger partial charge < -0.3 is 19.5 Å². The van der Waals surface area contributed by atoms with Crippen molar-refractivity contribution in [2.75, 3.05) is 14.2 Å². The third-order valence-electron chi connectivity index (χ3n) is 4.26. The van der Waals surface area contributed by atoms with Crippen LogP contribution in [0.15, 0.2) is 24.3 Å². The van der Waals surface area contributed by atoms with Crippen LogP contribution in [0.5, 0.6) is 5.75 Å². The zero-order valence-corrected chi connectivity index (χ0v) is 15.3. The van der Waals surface area contributed by atoms with Crippen molar-refractivity contribution in [2.45, 2.75) is 51.2 Å². The molecular weight excluding hydrogens is 322 g/mol. The Labute approximate surface area is 148 Å². The molecule has 0 aromatic heterocycles. The van der Waals surface area contributed by atoms with Crippen molar-refractivity contribution in [3.8, 4) is 5.75 Å². The van der Waals surface area contributed by atoms with E-state index in [0.29, 0.717) is 12.8 Å². The van der Waals surface area contributed by atoms with Crippen LogP contribution >= 0.6 is 0 Å². The van der Waals surface area contributed by atoms with Gasteiger partial charge in [-0.15, -0.1) is 0 Å². The summed E-state index contributed by atoms with van der Waals surface area (Å²) in [6, 6.07) is 7.03. The van der Waals surface area contributed by atoms with Gasteiger partial charge in [0.2, 0.25) is 0 Å². The second-order valence-electron chi connectivity index (χ2n) is 6.95. The molecule has 2 rings (SSSR count). The van der Waals surface area contributed by atoms with Gasteiger partial charge in [0.1, 0.15) is 17.4 Å². The van der Waals surface area contributed by atoms with Gasteiger partial charge in [0.25, 0.3) is 0 Å². The molecule has 0 bridgehead atoms.